The Bertz CT molecular complexity index is 938. The minimum absolute atomic E-state index is 0.655. The zero-order valence-electron chi connectivity index (χ0n) is 15.6. The average molecular weight is 362 g/mol. The summed E-state index contributed by atoms with van der Waals surface area (Å²) in [4.78, 5) is 4.82. The summed E-state index contributed by atoms with van der Waals surface area (Å²) in [5, 5.41) is 3.38. The topological polar surface area (TPSA) is 52.1 Å². The van der Waals surface area contributed by atoms with Crippen LogP contribution in [0.1, 0.15) is 5.56 Å². The first-order chi connectivity index (χ1) is 13.2. The molecule has 0 aliphatic carbocycles. The average Bonchev–Trinajstić information content (AvgIpc) is 2.74. The number of hydrogen-bond donors (Lipinski definition) is 1. The van der Waals surface area contributed by atoms with Gasteiger partial charge >= 0.3 is 0 Å². The Balaban J connectivity index is 2.09. The Labute approximate surface area is 159 Å². The van der Waals surface area contributed by atoms with Gasteiger partial charge in [0.2, 0.25) is 0 Å². The van der Waals surface area contributed by atoms with Crippen LogP contribution in [0.15, 0.2) is 77.8 Å². The van der Waals surface area contributed by atoms with E-state index in [1.54, 1.807) is 21.3 Å². The van der Waals surface area contributed by atoms with Gasteiger partial charge in [0.05, 0.1) is 27.0 Å². The number of ether oxygens (including phenoxy) is 3. The lowest BCUT2D eigenvalue weighted by Gasteiger charge is -2.15. The Morgan fingerprint density at radius 3 is 2.19 bits per heavy atom. The molecule has 0 aliphatic heterocycles. The van der Waals surface area contributed by atoms with Gasteiger partial charge in [0.15, 0.2) is 0 Å². The molecule has 3 aromatic carbocycles. The quantitative estimate of drug-likeness (QED) is 0.500. The first kappa shape index (κ1) is 18.3. The molecule has 3 rings (SSSR count). The summed E-state index contributed by atoms with van der Waals surface area (Å²) >= 11 is 0. The number of rotatable bonds is 6. The molecule has 0 amide bonds. The third-order valence-corrected chi connectivity index (χ3v) is 4.02. The zero-order valence-corrected chi connectivity index (χ0v) is 15.6. The summed E-state index contributed by atoms with van der Waals surface area (Å²) in [6.45, 7) is 0. The van der Waals surface area contributed by atoms with E-state index in [1.807, 2.05) is 72.8 Å². The fourth-order valence-electron chi connectivity index (χ4n) is 2.65. The molecule has 0 spiro atoms. The van der Waals surface area contributed by atoms with Crippen LogP contribution in [0.3, 0.4) is 0 Å². The Morgan fingerprint density at radius 1 is 0.741 bits per heavy atom. The number of amidine groups is 1. The fraction of sp³-hybridized carbons (Fsp3) is 0.136. The van der Waals surface area contributed by atoms with Crippen molar-refractivity contribution < 1.29 is 14.2 Å². The second kappa shape index (κ2) is 8.76. The summed E-state index contributed by atoms with van der Waals surface area (Å²) < 4.78 is 16.3. The summed E-state index contributed by atoms with van der Waals surface area (Å²) in [6, 6.07) is 23.0. The van der Waals surface area contributed by atoms with Gasteiger partial charge in [-0.05, 0) is 36.4 Å². The monoisotopic (exact) mass is 362 g/mol. The van der Waals surface area contributed by atoms with Crippen LogP contribution in [0.25, 0.3) is 0 Å². The molecule has 5 heteroatoms. The van der Waals surface area contributed by atoms with E-state index in [4.69, 9.17) is 19.2 Å². The maximum absolute atomic E-state index is 5.46. The molecule has 0 saturated heterocycles. The Kier molecular flexibility index (Phi) is 5.94. The third-order valence-electron chi connectivity index (χ3n) is 4.02. The van der Waals surface area contributed by atoms with Gasteiger partial charge in [0.25, 0.3) is 0 Å². The van der Waals surface area contributed by atoms with Crippen molar-refractivity contribution in [1.82, 2.24) is 0 Å². The maximum atomic E-state index is 5.46. The number of anilines is 1. The van der Waals surface area contributed by atoms with Crippen LogP contribution in [0, 0.1) is 0 Å². The normalized spacial score (nSPS) is 11.0. The van der Waals surface area contributed by atoms with Gasteiger partial charge in [-0.15, -0.1) is 0 Å². The highest BCUT2D eigenvalue weighted by molar-refractivity contribution is 6.10. The molecular formula is C22H22N2O3. The molecule has 0 fully saturated rings. The minimum Gasteiger partial charge on any atom is -0.497 e. The van der Waals surface area contributed by atoms with Crippen LogP contribution in [0.5, 0.6) is 17.2 Å². The van der Waals surface area contributed by atoms with E-state index < -0.39 is 0 Å². The van der Waals surface area contributed by atoms with E-state index in [2.05, 4.69) is 5.32 Å². The molecule has 0 unspecified atom stereocenters. The lowest BCUT2D eigenvalue weighted by molar-refractivity contribution is 0.414. The van der Waals surface area contributed by atoms with E-state index in [0.29, 0.717) is 11.6 Å². The van der Waals surface area contributed by atoms with E-state index in [0.717, 1.165) is 28.4 Å². The van der Waals surface area contributed by atoms with E-state index in [9.17, 15) is 0 Å². The fourth-order valence-corrected chi connectivity index (χ4v) is 2.65. The second-order valence-corrected chi connectivity index (χ2v) is 5.69. The van der Waals surface area contributed by atoms with E-state index >= 15 is 0 Å². The first-order valence-corrected chi connectivity index (χ1v) is 8.51. The predicted octanol–water partition coefficient (Wildman–Crippen LogP) is 4.90. The van der Waals surface area contributed by atoms with Crippen molar-refractivity contribution in [2.45, 2.75) is 0 Å². The summed E-state index contributed by atoms with van der Waals surface area (Å²) in [7, 11) is 4.92. The number of benzene rings is 3. The van der Waals surface area contributed by atoms with E-state index in [-0.39, 0.29) is 0 Å². The maximum Gasteiger partial charge on any atom is 0.144 e. The van der Waals surface area contributed by atoms with Crippen LogP contribution in [-0.4, -0.2) is 27.2 Å². The van der Waals surface area contributed by atoms with Crippen molar-refractivity contribution in [3.05, 3.63) is 78.4 Å². The molecule has 0 atom stereocenters. The second-order valence-electron chi connectivity index (χ2n) is 5.69. The number of aliphatic imine (C=N–C) groups is 1. The van der Waals surface area contributed by atoms with Crippen LogP contribution in [-0.2, 0) is 0 Å². The van der Waals surface area contributed by atoms with Gasteiger partial charge in [0, 0.05) is 5.56 Å². The first-order valence-electron chi connectivity index (χ1n) is 8.51. The minimum atomic E-state index is 0.655. The highest BCUT2D eigenvalue weighted by atomic mass is 16.5. The molecule has 0 heterocycles. The summed E-state index contributed by atoms with van der Waals surface area (Å²) in [5.41, 5.74) is 2.42. The van der Waals surface area contributed by atoms with Crippen molar-refractivity contribution >= 4 is 17.2 Å². The molecule has 0 aliphatic rings. The van der Waals surface area contributed by atoms with Crippen LogP contribution in [0.2, 0.25) is 0 Å². The summed E-state index contributed by atoms with van der Waals surface area (Å²) in [6.07, 6.45) is 0. The van der Waals surface area contributed by atoms with Gasteiger partial charge < -0.3 is 19.5 Å². The summed E-state index contributed by atoms with van der Waals surface area (Å²) in [5.74, 6) is 2.83. The van der Waals surface area contributed by atoms with Crippen molar-refractivity contribution in [3.8, 4) is 17.2 Å². The molecule has 138 valence electrons. The molecule has 27 heavy (non-hydrogen) atoms. The molecule has 5 nitrogen and oxygen atoms in total. The predicted molar refractivity (Wildman–Crippen MR) is 109 cm³/mol. The van der Waals surface area contributed by atoms with Crippen LogP contribution < -0.4 is 19.5 Å². The van der Waals surface area contributed by atoms with Gasteiger partial charge in [-0.1, -0.05) is 36.4 Å². The molecule has 1 N–H and O–H groups in total. The van der Waals surface area contributed by atoms with Gasteiger partial charge in [-0.3, -0.25) is 0 Å². The number of nitrogens with zero attached hydrogens (tertiary/aromatic N) is 1. The molecule has 0 bridgehead atoms. The molecule has 0 saturated carbocycles. The standard InChI is InChI=1S/C22H22N2O3/c1-25-17-10-8-9-16(15-17)22(23-18-11-4-6-13-20(18)26-2)24-19-12-5-7-14-21(19)27-3/h4-15H,1-3H3,(H,23,24). The molecule has 0 radical (unpaired) electrons. The third kappa shape index (κ3) is 4.39. The van der Waals surface area contributed by atoms with Gasteiger partial charge in [0.1, 0.15) is 28.8 Å². The van der Waals surface area contributed by atoms with E-state index in [1.165, 1.54) is 0 Å². The zero-order chi connectivity index (χ0) is 19.1. The highest BCUT2D eigenvalue weighted by Crippen LogP contribution is 2.29. The number of methoxy groups -OCH3 is 3. The number of para-hydroxylation sites is 4. The smallest absolute Gasteiger partial charge is 0.144 e. The molecular weight excluding hydrogens is 340 g/mol. The Hall–Kier alpha value is -3.47. The van der Waals surface area contributed by atoms with Crippen LogP contribution >= 0.6 is 0 Å². The SMILES string of the molecule is COc1cccc(C(=Nc2ccccc2OC)Nc2ccccc2OC)c1. The molecule has 0 aromatic heterocycles. The molecule has 3 aromatic rings. The van der Waals surface area contributed by atoms with Gasteiger partial charge in [-0.2, -0.15) is 0 Å². The van der Waals surface area contributed by atoms with Crippen molar-refractivity contribution in [2.24, 2.45) is 4.99 Å². The van der Waals surface area contributed by atoms with Crippen molar-refractivity contribution in [3.63, 3.8) is 0 Å². The lowest BCUT2D eigenvalue weighted by Crippen LogP contribution is -2.14. The van der Waals surface area contributed by atoms with Crippen LogP contribution in [0.4, 0.5) is 11.4 Å². The largest absolute Gasteiger partial charge is 0.497 e. The number of hydrogen-bond acceptors (Lipinski definition) is 4. The Morgan fingerprint density at radius 2 is 1.44 bits per heavy atom. The number of nitrogens with one attached hydrogen (secondary N) is 1. The van der Waals surface area contributed by atoms with Crippen molar-refractivity contribution in [2.75, 3.05) is 26.6 Å². The highest BCUT2D eigenvalue weighted by Gasteiger charge is 2.11. The lowest BCUT2D eigenvalue weighted by atomic mass is 10.1. The van der Waals surface area contributed by atoms with Gasteiger partial charge in [-0.25, -0.2) is 4.99 Å². The van der Waals surface area contributed by atoms with Crippen molar-refractivity contribution in [1.29, 1.82) is 0 Å².